The zero-order valence-corrected chi connectivity index (χ0v) is 18.7. The van der Waals surface area contributed by atoms with Crippen molar-refractivity contribution < 1.29 is 5.11 Å². The van der Waals surface area contributed by atoms with Crippen LogP contribution in [0.25, 0.3) is 0 Å². The Balaban J connectivity index is 1.59. The number of benzene rings is 1. The van der Waals surface area contributed by atoms with E-state index in [0.29, 0.717) is 29.9 Å². The number of aryl methyl sites for hydroxylation is 1. The van der Waals surface area contributed by atoms with Crippen LogP contribution in [0, 0.1) is 6.92 Å². The molecular formula is C23H35N7O. The fourth-order valence-electron chi connectivity index (χ4n) is 4.47. The fraction of sp³-hybridized carbons (Fsp3) is 0.609. The highest BCUT2D eigenvalue weighted by Crippen LogP contribution is 2.26. The second-order valence-electron chi connectivity index (χ2n) is 8.83. The molecule has 0 unspecified atom stereocenters. The number of aromatic nitrogens is 3. The van der Waals surface area contributed by atoms with Gasteiger partial charge in [0.05, 0.1) is 0 Å². The van der Waals surface area contributed by atoms with Crippen molar-refractivity contribution in [3.63, 3.8) is 0 Å². The normalized spacial score (nSPS) is 18.4. The molecule has 31 heavy (non-hydrogen) atoms. The lowest BCUT2D eigenvalue weighted by Gasteiger charge is -2.32. The van der Waals surface area contributed by atoms with Gasteiger partial charge in [0, 0.05) is 24.8 Å². The third-order valence-corrected chi connectivity index (χ3v) is 6.44. The van der Waals surface area contributed by atoms with Crippen LogP contribution in [0.5, 0.6) is 5.75 Å². The van der Waals surface area contributed by atoms with Gasteiger partial charge in [-0.3, -0.25) is 0 Å². The van der Waals surface area contributed by atoms with Crippen LogP contribution in [0.2, 0.25) is 0 Å². The number of phenols is 1. The van der Waals surface area contributed by atoms with Crippen molar-refractivity contribution in [2.75, 3.05) is 35.7 Å². The van der Waals surface area contributed by atoms with Gasteiger partial charge in [-0.15, -0.1) is 0 Å². The van der Waals surface area contributed by atoms with E-state index >= 15 is 0 Å². The molecule has 8 heteroatoms. The van der Waals surface area contributed by atoms with Gasteiger partial charge in [0.1, 0.15) is 5.75 Å². The Kier molecular flexibility index (Phi) is 7.06. The first kappa shape index (κ1) is 21.6. The number of hydrogen-bond acceptors (Lipinski definition) is 8. The maximum absolute atomic E-state index is 9.83. The summed E-state index contributed by atoms with van der Waals surface area (Å²) in [6.45, 7) is 3.92. The smallest absolute Gasteiger partial charge is 0.233 e. The van der Waals surface area contributed by atoms with Crippen molar-refractivity contribution in [2.24, 2.45) is 0 Å². The number of aromatic hydroxyl groups is 1. The molecule has 4 N–H and O–H groups in total. The lowest BCUT2D eigenvalue weighted by Crippen LogP contribution is -2.42. The minimum atomic E-state index is 0.281. The standard InChI is InChI=1S/C23H35N7O/c1-16-15-18(9-10-20(16)31)26-22-27-21(25-17-7-5-3-4-6-8-17)28-23(29-22)30(2)19-11-13-24-14-12-19/h9-10,15,17,19,24,31H,3-8,11-14H2,1-2H3,(H2,25,26,27,28,29). The molecule has 1 saturated heterocycles. The molecule has 2 heterocycles. The molecule has 2 aliphatic rings. The molecule has 0 spiro atoms. The van der Waals surface area contributed by atoms with Crippen LogP contribution < -0.4 is 20.9 Å². The summed E-state index contributed by atoms with van der Waals surface area (Å²) in [5, 5.41) is 20.1. The highest BCUT2D eigenvalue weighted by molar-refractivity contribution is 5.58. The van der Waals surface area contributed by atoms with Crippen LogP contribution >= 0.6 is 0 Å². The van der Waals surface area contributed by atoms with E-state index in [1.807, 2.05) is 19.1 Å². The molecule has 8 nitrogen and oxygen atoms in total. The second kappa shape index (κ2) is 10.1. The first-order chi connectivity index (χ1) is 15.1. The van der Waals surface area contributed by atoms with Crippen LogP contribution in [0.3, 0.4) is 0 Å². The van der Waals surface area contributed by atoms with E-state index in [-0.39, 0.29) is 5.75 Å². The van der Waals surface area contributed by atoms with Gasteiger partial charge in [0.2, 0.25) is 17.8 Å². The van der Waals surface area contributed by atoms with E-state index in [0.717, 1.165) is 50.0 Å². The number of rotatable bonds is 6. The molecule has 2 aromatic rings. The molecule has 168 valence electrons. The zero-order valence-electron chi connectivity index (χ0n) is 18.7. The lowest BCUT2D eigenvalue weighted by molar-refractivity contribution is 0.439. The SMILES string of the molecule is Cc1cc(Nc2nc(NC3CCCCCC3)nc(N(C)C3CCNCC3)n2)ccc1O. The summed E-state index contributed by atoms with van der Waals surface area (Å²) in [7, 11) is 2.08. The van der Waals surface area contributed by atoms with Gasteiger partial charge >= 0.3 is 0 Å². The number of piperidine rings is 1. The van der Waals surface area contributed by atoms with E-state index in [4.69, 9.17) is 9.97 Å². The third kappa shape index (κ3) is 5.76. The molecular weight excluding hydrogens is 390 g/mol. The number of phenolic OH excluding ortho intramolecular Hbond substituents is 1. The quantitative estimate of drug-likeness (QED) is 0.408. The molecule has 1 aromatic heterocycles. The molecule has 0 radical (unpaired) electrons. The molecule has 1 aliphatic carbocycles. The average Bonchev–Trinajstić information content (AvgIpc) is 3.05. The first-order valence-corrected chi connectivity index (χ1v) is 11.6. The van der Waals surface area contributed by atoms with Gasteiger partial charge in [-0.1, -0.05) is 25.7 Å². The van der Waals surface area contributed by atoms with Crippen LogP contribution in [0.4, 0.5) is 23.5 Å². The van der Waals surface area contributed by atoms with Crippen molar-refractivity contribution in [1.82, 2.24) is 20.3 Å². The molecule has 1 aromatic carbocycles. The number of nitrogens with one attached hydrogen (secondary N) is 3. The van der Waals surface area contributed by atoms with E-state index in [2.05, 4.69) is 32.9 Å². The minimum absolute atomic E-state index is 0.281. The fourth-order valence-corrected chi connectivity index (χ4v) is 4.47. The molecule has 2 fully saturated rings. The first-order valence-electron chi connectivity index (χ1n) is 11.6. The number of hydrogen-bond donors (Lipinski definition) is 4. The monoisotopic (exact) mass is 425 g/mol. The van der Waals surface area contributed by atoms with E-state index in [1.165, 1.54) is 25.7 Å². The Hall–Kier alpha value is -2.61. The maximum atomic E-state index is 9.83. The van der Waals surface area contributed by atoms with Crippen molar-refractivity contribution in [2.45, 2.75) is 70.4 Å². The maximum Gasteiger partial charge on any atom is 0.233 e. The summed E-state index contributed by atoms with van der Waals surface area (Å²) < 4.78 is 0. The topological polar surface area (TPSA) is 98.2 Å². The summed E-state index contributed by atoms with van der Waals surface area (Å²) in [6.07, 6.45) is 9.60. The summed E-state index contributed by atoms with van der Waals surface area (Å²) in [5.74, 6) is 2.13. The summed E-state index contributed by atoms with van der Waals surface area (Å²) >= 11 is 0. The minimum Gasteiger partial charge on any atom is -0.508 e. The number of anilines is 4. The molecule has 0 amide bonds. The highest BCUT2D eigenvalue weighted by atomic mass is 16.3. The van der Waals surface area contributed by atoms with E-state index < -0.39 is 0 Å². The van der Waals surface area contributed by atoms with Crippen LogP contribution in [0.1, 0.15) is 56.9 Å². The van der Waals surface area contributed by atoms with Gasteiger partial charge in [-0.2, -0.15) is 15.0 Å². The van der Waals surface area contributed by atoms with Crippen LogP contribution in [-0.2, 0) is 0 Å². The Bertz CT molecular complexity index is 861. The number of nitrogens with zero attached hydrogens (tertiary/aromatic N) is 4. The molecule has 1 aliphatic heterocycles. The molecule has 1 saturated carbocycles. The van der Waals surface area contributed by atoms with Gasteiger partial charge in [0.25, 0.3) is 0 Å². The summed E-state index contributed by atoms with van der Waals surface area (Å²) in [6, 6.07) is 6.24. The van der Waals surface area contributed by atoms with Crippen molar-refractivity contribution in [3.8, 4) is 5.75 Å². The van der Waals surface area contributed by atoms with Crippen LogP contribution in [0.15, 0.2) is 18.2 Å². The Morgan fingerprint density at radius 2 is 1.68 bits per heavy atom. The summed E-state index contributed by atoms with van der Waals surface area (Å²) in [5.41, 5.74) is 1.65. The molecule has 4 rings (SSSR count). The average molecular weight is 426 g/mol. The van der Waals surface area contributed by atoms with Gasteiger partial charge in [-0.05, 0) is 69.5 Å². The van der Waals surface area contributed by atoms with Gasteiger partial charge < -0.3 is 26.0 Å². The van der Waals surface area contributed by atoms with Crippen molar-refractivity contribution in [3.05, 3.63) is 23.8 Å². The third-order valence-electron chi connectivity index (χ3n) is 6.44. The van der Waals surface area contributed by atoms with Crippen molar-refractivity contribution in [1.29, 1.82) is 0 Å². The van der Waals surface area contributed by atoms with Crippen LogP contribution in [-0.4, -0.2) is 52.3 Å². The van der Waals surface area contributed by atoms with Crippen molar-refractivity contribution >= 4 is 23.5 Å². The molecule has 0 bridgehead atoms. The second-order valence-corrected chi connectivity index (χ2v) is 8.83. The highest BCUT2D eigenvalue weighted by Gasteiger charge is 2.22. The Labute approximate surface area is 184 Å². The summed E-state index contributed by atoms with van der Waals surface area (Å²) in [4.78, 5) is 16.4. The van der Waals surface area contributed by atoms with Gasteiger partial charge in [0.15, 0.2) is 0 Å². The largest absolute Gasteiger partial charge is 0.508 e. The van der Waals surface area contributed by atoms with E-state index in [9.17, 15) is 5.11 Å². The Morgan fingerprint density at radius 1 is 0.968 bits per heavy atom. The Morgan fingerprint density at radius 3 is 2.39 bits per heavy atom. The lowest BCUT2D eigenvalue weighted by atomic mass is 10.1. The predicted octanol–water partition coefficient (Wildman–Crippen LogP) is 3.95. The zero-order chi connectivity index (χ0) is 21.6. The predicted molar refractivity (Wildman–Crippen MR) is 125 cm³/mol. The molecule has 0 atom stereocenters. The van der Waals surface area contributed by atoms with Gasteiger partial charge in [-0.25, -0.2) is 0 Å². The van der Waals surface area contributed by atoms with E-state index in [1.54, 1.807) is 6.07 Å².